The first-order valence-electron chi connectivity index (χ1n) is 7.57. The van der Waals surface area contributed by atoms with Gasteiger partial charge in [0.15, 0.2) is 0 Å². The number of rotatable bonds is 6. The van der Waals surface area contributed by atoms with Gasteiger partial charge in [-0.1, -0.05) is 6.42 Å². The summed E-state index contributed by atoms with van der Waals surface area (Å²) in [4.78, 5) is 15.9. The molecule has 1 aliphatic rings. The van der Waals surface area contributed by atoms with Gasteiger partial charge in [-0.3, -0.25) is 4.79 Å². The van der Waals surface area contributed by atoms with Crippen LogP contribution in [0.25, 0.3) is 0 Å². The van der Waals surface area contributed by atoms with Crippen LogP contribution < -0.4 is 5.32 Å². The van der Waals surface area contributed by atoms with E-state index < -0.39 is 0 Å². The summed E-state index contributed by atoms with van der Waals surface area (Å²) in [5.74, 6) is 1.54. The van der Waals surface area contributed by atoms with E-state index in [4.69, 9.17) is 0 Å². The molecule has 5 nitrogen and oxygen atoms in total. The largest absolute Gasteiger partial charge is 0.393 e. The number of carbonyl (C=O) groups is 1. The van der Waals surface area contributed by atoms with Crippen LogP contribution in [-0.4, -0.2) is 33.2 Å². The molecule has 5 heteroatoms. The normalized spacial score (nSPS) is 22.7. The van der Waals surface area contributed by atoms with Crippen molar-refractivity contribution in [3.05, 3.63) is 18.2 Å². The molecule has 2 atom stereocenters. The Morgan fingerprint density at radius 3 is 3.10 bits per heavy atom. The summed E-state index contributed by atoms with van der Waals surface area (Å²) in [5, 5.41) is 12.6. The Balaban J connectivity index is 1.59. The fraction of sp³-hybridized carbons (Fsp3) is 0.733. The maximum atomic E-state index is 11.8. The van der Waals surface area contributed by atoms with E-state index >= 15 is 0 Å². The topological polar surface area (TPSA) is 67.2 Å². The highest BCUT2D eigenvalue weighted by molar-refractivity contribution is 5.75. The van der Waals surface area contributed by atoms with Crippen molar-refractivity contribution < 1.29 is 9.90 Å². The Morgan fingerprint density at radius 1 is 1.55 bits per heavy atom. The van der Waals surface area contributed by atoms with Crippen LogP contribution in [0, 0.1) is 12.8 Å². The standard InChI is InChI=1S/C15H25N3O2/c1-12-16-7-9-18(12)8-3-6-15(20)17-11-13-4-2-5-14(19)10-13/h7,9,13-14,19H,2-6,8,10-11H2,1H3,(H,17,20). The van der Waals surface area contributed by atoms with E-state index in [9.17, 15) is 9.90 Å². The molecule has 2 unspecified atom stereocenters. The van der Waals surface area contributed by atoms with Crippen molar-refractivity contribution in [1.82, 2.24) is 14.9 Å². The fourth-order valence-corrected chi connectivity index (χ4v) is 2.84. The van der Waals surface area contributed by atoms with Gasteiger partial charge in [-0.25, -0.2) is 4.98 Å². The molecule has 1 aromatic heterocycles. The third kappa shape index (κ3) is 4.63. The molecular formula is C15H25N3O2. The highest BCUT2D eigenvalue weighted by Gasteiger charge is 2.20. The molecule has 1 amide bonds. The fourth-order valence-electron chi connectivity index (χ4n) is 2.84. The Labute approximate surface area is 120 Å². The minimum Gasteiger partial charge on any atom is -0.393 e. The van der Waals surface area contributed by atoms with Crippen LogP contribution >= 0.6 is 0 Å². The van der Waals surface area contributed by atoms with E-state index in [1.54, 1.807) is 6.20 Å². The second-order valence-electron chi connectivity index (χ2n) is 5.76. The number of aliphatic hydroxyl groups excluding tert-OH is 1. The molecule has 0 radical (unpaired) electrons. The van der Waals surface area contributed by atoms with Gasteiger partial charge in [-0.2, -0.15) is 0 Å². The van der Waals surface area contributed by atoms with Crippen molar-refractivity contribution in [1.29, 1.82) is 0 Å². The highest BCUT2D eigenvalue weighted by Crippen LogP contribution is 2.23. The van der Waals surface area contributed by atoms with Gasteiger partial charge in [0.2, 0.25) is 5.91 Å². The quantitative estimate of drug-likeness (QED) is 0.832. The lowest BCUT2D eigenvalue weighted by atomic mass is 9.87. The Bertz CT molecular complexity index is 431. The number of nitrogens with zero attached hydrogens (tertiary/aromatic N) is 2. The molecule has 20 heavy (non-hydrogen) atoms. The zero-order valence-corrected chi connectivity index (χ0v) is 12.2. The van der Waals surface area contributed by atoms with Crippen molar-refractivity contribution in [2.45, 2.75) is 58.1 Å². The second kappa shape index (κ2) is 7.43. The monoisotopic (exact) mass is 279 g/mol. The Kier molecular flexibility index (Phi) is 5.59. The molecule has 2 rings (SSSR count). The van der Waals surface area contributed by atoms with Crippen LogP contribution in [0.15, 0.2) is 12.4 Å². The number of amides is 1. The molecule has 1 fully saturated rings. The molecule has 0 spiro atoms. The van der Waals surface area contributed by atoms with Gasteiger partial charge in [-0.15, -0.1) is 0 Å². The average molecular weight is 279 g/mol. The zero-order valence-electron chi connectivity index (χ0n) is 12.2. The Morgan fingerprint density at radius 2 is 2.40 bits per heavy atom. The number of carbonyl (C=O) groups excluding carboxylic acids is 1. The molecule has 1 heterocycles. The first-order chi connectivity index (χ1) is 9.65. The van der Waals surface area contributed by atoms with Crippen LogP contribution in [0.4, 0.5) is 0 Å². The van der Waals surface area contributed by atoms with E-state index in [2.05, 4.69) is 14.9 Å². The highest BCUT2D eigenvalue weighted by atomic mass is 16.3. The van der Waals surface area contributed by atoms with Gasteiger partial charge in [0, 0.05) is 31.9 Å². The van der Waals surface area contributed by atoms with Crippen LogP contribution in [0.2, 0.25) is 0 Å². The molecular weight excluding hydrogens is 254 g/mol. The predicted octanol–water partition coefficient (Wildman–Crippen LogP) is 1.64. The van der Waals surface area contributed by atoms with E-state index in [1.807, 2.05) is 13.1 Å². The van der Waals surface area contributed by atoms with E-state index in [0.717, 1.165) is 44.5 Å². The van der Waals surface area contributed by atoms with Gasteiger partial charge in [0.25, 0.3) is 0 Å². The molecule has 112 valence electrons. The van der Waals surface area contributed by atoms with E-state index in [0.29, 0.717) is 18.9 Å². The number of aromatic nitrogens is 2. The molecule has 1 aliphatic carbocycles. The summed E-state index contributed by atoms with van der Waals surface area (Å²) in [6.07, 6.45) is 8.86. The van der Waals surface area contributed by atoms with Crippen molar-refractivity contribution in [2.24, 2.45) is 5.92 Å². The lowest BCUT2D eigenvalue weighted by molar-refractivity contribution is -0.121. The third-order valence-electron chi connectivity index (χ3n) is 4.07. The van der Waals surface area contributed by atoms with Crippen LogP contribution in [0.1, 0.15) is 44.3 Å². The summed E-state index contributed by atoms with van der Waals surface area (Å²) < 4.78 is 2.06. The Hall–Kier alpha value is -1.36. The van der Waals surface area contributed by atoms with Gasteiger partial charge in [-0.05, 0) is 38.5 Å². The molecule has 0 aromatic carbocycles. The third-order valence-corrected chi connectivity index (χ3v) is 4.07. The summed E-state index contributed by atoms with van der Waals surface area (Å²) in [5.41, 5.74) is 0. The SMILES string of the molecule is Cc1nccn1CCCC(=O)NCC1CCCC(O)C1. The molecule has 1 aromatic rings. The zero-order chi connectivity index (χ0) is 14.4. The molecule has 1 saturated carbocycles. The molecule has 0 saturated heterocycles. The summed E-state index contributed by atoms with van der Waals surface area (Å²) >= 11 is 0. The van der Waals surface area contributed by atoms with Crippen molar-refractivity contribution >= 4 is 5.91 Å². The van der Waals surface area contributed by atoms with Gasteiger partial charge >= 0.3 is 0 Å². The summed E-state index contributed by atoms with van der Waals surface area (Å²) in [6.45, 7) is 3.51. The van der Waals surface area contributed by atoms with Gasteiger partial charge in [0.05, 0.1) is 6.10 Å². The average Bonchev–Trinajstić information content (AvgIpc) is 2.82. The van der Waals surface area contributed by atoms with Crippen LogP contribution in [-0.2, 0) is 11.3 Å². The van der Waals surface area contributed by atoms with Crippen molar-refractivity contribution in [3.8, 4) is 0 Å². The van der Waals surface area contributed by atoms with E-state index in [1.165, 1.54) is 0 Å². The number of hydrogen-bond acceptors (Lipinski definition) is 3. The van der Waals surface area contributed by atoms with E-state index in [-0.39, 0.29) is 12.0 Å². The molecule has 0 bridgehead atoms. The number of hydrogen-bond donors (Lipinski definition) is 2. The smallest absolute Gasteiger partial charge is 0.220 e. The number of aryl methyl sites for hydroxylation is 2. The number of aliphatic hydroxyl groups is 1. The lowest BCUT2D eigenvalue weighted by Crippen LogP contribution is -2.32. The summed E-state index contributed by atoms with van der Waals surface area (Å²) in [6, 6.07) is 0. The maximum absolute atomic E-state index is 11.8. The van der Waals surface area contributed by atoms with Gasteiger partial charge < -0.3 is 15.0 Å². The van der Waals surface area contributed by atoms with Crippen molar-refractivity contribution in [2.75, 3.05) is 6.54 Å². The molecule has 0 aliphatic heterocycles. The van der Waals surface area contributed by atoms with Crippen LogP contribution in [0.5, 0.6) is 0 Å². The first-order valence-corrected chi connectivity index (χ1v) is 7.57. The van der Waals surface area contributed by atoms with Gasteiger partial charge in [0.1, 0.15) is 5.82 Å². The lowest BCUT2D eigenvalue weighted by Gasteiger charge is -2.25. The minimum absolute atomic E-state index is 0.114. The first kappa shape index (κ1) is 15.0. The van der Waals surface area contributed by atoms with Crippen LogP contribution in [0.3, 0.4) is 0 Å². The van der Waals surface area contributed by atoms with Crippen molar-refractivity contribution in [3.63, 3.8) is 0 Å². The second-order valence-corrected chi connectivity index (χ2v) is 5.76. The summed E-state index contributed by atoms with van der Waals surface area (Å²) in [7, 11) is 0. The minimum atomic E-state index is -0.171. The number of imidazole rings is 1. The number of nitrogens with one attached hydrogen (secondary N) is 1. The molecule has 2 N–H and O–H groups in total. The maximum Gasteiger partial charge on any atom is 0.220 e. The predicted molar refractivity (Wildman–Crippen MR) is 77.2 cm³/mol.